The number of H-pyrrole nitrogens is 1. The lowest BCUT2D eigenvalue weighted by molar-refractivity contribution is -0.123. The number of sulfonamides is 1. The first kappa shape index (κ1) is 31.5. The summed E-state index contributed by atoms with van der Waals surface area (Å²) in [7, 11) is -3.87. The summed E-state index contributed by atoms with van der Waals surface area (Å²) < 4.78 is 30.1. The Labute approximate surface area is 291 Å². The van der Waals surface area contributed by atoms with Crippen LogP contribution in [0.2, 0.25) is 0 Å². The molecule has 0 radical (unpaired) electrons. The van der Waals surface area contributed by atoms with Gasteiger partial charge in [-0.3, -0.25) is 24.1 Å². The molecule has 2 saturated carbocycles. The van der Waals surface area contributed by atoms with Crippen molar-refractivity contribution in [3.63, 3.8) is 0 Å². The monoisotopic (exact) mass is 766 g/mol. The number of nitrogens with one attached hydrogen (secondary N) is 2. The Balaban J connectivity index is 1.09. The number of rotatable bonds is 7. The highest BCUT2D eigenvalue weighted by Crippen LogP contribution is 2.69. The maximum absolute atomic E-state index is 14.0. The van der Waals surface area contributed by atoms with E-state index in [1.807, 2.05) is 30.3 Å². The second-order valence-corrected chi connectivity index (χ2v) is 17.1. The zero-order valence-electron chi connectivity index (χ0n) is 24.9. The van der Waals surface area contributed by atoms with Gasteiger partial charge in [-0.05, 0) is 78.8 Å². The Morgan fingerprint density at radius 2 is 1.67 bits per heavy atom. The van der Waals surface area contributed by atoms with Gasteiger partial charge in [-0.2, -0.15) is 0 Å². The van der Waals surface area contributed by atoms with E-state index in [9.17, 15) is 27.6 Å². The summed E-state index contributed by atoms with van der Waals surface area (Å²) in [5.41, 5.74) is 1.75. The number of nitrogens with two attached hydrogens (primary N) is 1. The number of carbonyl (C=O) groups excluding carboxylic acids is 3. The van der Waals surface area contributed by atoms with E-state index in [1.54, 1.807) is 30.0 Å². The summed E-state index contributed by atoms with van der Waals surface area (Å²) >= 11 is 6.18. The van der Waals surface area contributed by atoms with Crippen molar-refractivity contribution in [1.82, 2.24) is 4.98 Å². The summed E-state index contributed by atoms with van der Waals surface area (Å²) in [5, 5.41) is 8.63. The van der Waals surface area contributed by atoms with Crippen LogP contribution in [-0.2, 0) is 24.4 Å². The van der Waals surface area contributed by atoms with Crippen LogP contribution in [0, 0.1) is 29.6 Å². The normalized spacial score (nSPS) is 27.0. The lowest BCUT2D eigenvalue weighted by atomic mass is 9.68. The largest absolute Gasteiger partial charge is 0.483 e. The molecule has 6 unspecified atom stereocenters. The van der Waals surface area contributed by atoms with E-state index < -0.39 is 27.8 Å². The molecule has 1 saturated heterocycles. The van der Waals surface area contributed by atoms with Crippen molar-refractivity contribution in [3.05, 3.63) is 97.4 Å². The van der Waals surface area contributed by atoms with Crippen molar-refractivity contribution in [3.8, 4) is 5.75 Å². The van der Waals surface area contributed by atoms with E-state index in [0.29, 0.717) is 17.1 Å². The number of amides is 3. The first-order chi connectivity index (χ1) is 23.0. The smallest absolute Gasteiger partial charge is 0.305 e. The number of primary sulfonamides is 1. The van der Waals surface area contributed by atoms with E-state index in [0.717, 1.165) is 37.7 Å². The molecule has 7 atom stereocenters. The van der Waals surface area contributed by atoms with E-state index in [4.69, 9.17) is 9.88 Å². The molecule has 2 aliphatic heterocycles. The van der Waals surface area contributed by atoms with Crippen LogP contribution in [0.3, 0.4) is 0 Å². The second-order valence-electron chi connectivity index (χ2n) is 12.4. The number of halogens is 1. The zero-order valence-corrected chi connectivity index (χ0v) is 28.9. The molecule has 246 valence electrons. The average Bonchev–Trinajstić information content (AvgIpc) is 3.79. The summed E-state index contributed by atoms with van der Waals surface area (Å²) in [5.74, 6) is -1.63. The number of fused-ring (bicyclic) bond motifs is 9. The SMILES string of the molecule is NS(=O)(=O)c1ccc(NC(=O)COc2ccccc2[C@H]2c3sc(=O)[nH]c3SC3C4CC(C5C(=O)N(c6ccc(Br)cc6)C(=O)C45)C32)cc1. The van der Waals surface area contributed by atoms with E-state index in [2.05, 4.69) is 26.2 Å². The van der Waals surface area contributed by atoms with Crippen molar-refractivity contribution in [2.24, 2.45) is 34.7 Å². The van der Waals surface area contributed by atoms with Crippen molar-refractivity contribution in [2.45, 2.75) is 27.5 Å². The Kier molecular flexibility index (Phi) is 7.67. The topological polar surface area (TPSA) is 169 Å². The van der Waals surface area contributed by atoms with Crippen molar-refractivity contribution >= 4 is 78.1 Å². The molecule has 48 heavy (non-hydrogen) atoms. The second kappa shape index (κ2) is 11.7. The molecule has 3 aromatic carbocycles. The lowest BCUT2D eigenvalue weighted by Crippen LogP contribution is -2.42. The van der Waals surface area contributed by atoms with Crippen LogP contribution in [-0.4, -0.2) is 43.0 Å². The third kappa shape index (κ3) is 5.14. The van der Waals surface area contributed by atoms with Gasteiger partial charge in [0.25, 0.3) is 5.91 Å². The summed E-state index contributed by atoms with van der Waals surface area (Å²) in [6.07, 6.45) is 0.745. The van der Waals surface area contributed by atoms with Gasteiger partial charge in [0.15, 0.2) is 6.61 Å². The number of anilines is 2. The Morgan fingerprint density at radius 3 is 2.38 bits per heavy atom. The van der Waals surface area contributed by atoms with Crippen molar-refractivity contribution in [1.29, 1.82) is 0 Å². The predicted octanol–water partition coefficient (Wildman–Crippen LogP) is 4.54. The molecule has 11 nitrogen and oxygen atoms in total. The maximum Gasteiger partial charge on any atom is 0.305 e. The summed E-state index contributed by atoms with van der Waals surface area (Å²) in [4.78, 5) is 58.5. The molecule has 2 aliphatic carbocycles. The quantitative estimate of drug-likeness (QED) is 0.231. The minimum absolute atomic E-state index is 0.00252. The number of hydrogen-bond acceptors (Lipinski definition) is 9. The van der Waals surface area contributed by atoms with Gasteiger partial charge < -0.3 is 15.0 Å². The molecule has 3 amide bonds. The Bertz CT molecular complexity index is 2150. The highest BCUT2D eigenvalue weighted by Gasteiger charge is 2.69. The van der Waals surface area contributed by atoms with Crippen LogP contribution < -0.4 is 25.0 Å². The molecule has 4 N–H and O–H groups in total. The van der Waals surface area contributed by atoms with Gasteiger partial charge in [-0.1, -0.05) is 45.5 Å². The first-order valence-electron chi connectivity index (χ1n) is 15.2. The number of thiazole rings is 1. The minimum atomic E-state index is -3.87. The van der Waals surface area contributed by atoms with Gasteiger partial charge in [-0.25, -0.2) is 13.6 Å². The molecular weight excluding hydrogens is 740 g/mol. The van der Waals surface area contributed by atoms with Crippen LogP contribution in [0.15, 0.2) is 92.0 Å². The standard InChI is InChI=1S/C33H27BrN4O7S3/c34-15-5-9-17(10-6-15)38-31(40)26-20-13-21(27(26)32(38)41)28-25(20)24(29-30(46-28)37-33(42)47-29)19-3-1-2-4-22(19)45-14-23(39)36-16-7-11-18(12-8-16)48(35,43)44/h1-12,20-21,24-28H,13-14H2,(H,36,39)(H,37,42)(H2,35,43,44)/t20?,21?,24-,25?,26?,27?,28?/m1/s1. The minimum Gasteiger partial charge on any atom is -0.483 e. The summed E-state index contributed by atoms with van der Waals surface area (Å²) in [6.45, 7) is -0.328. The predicted molar refractivity (Wildman–Crippen MR) is 184 cm³/mol. The van der Waals surface area contributed by atoms with E-state index in [-0.39, 0.29) is 57.1 Å². The van der Waals surface area contributed by atoms with Crippen LogP contribution in [0.25, 0.3) is 0 Å². The fraction of sp³-hybridized carbons (Fsp3) is 0.273. The van der Waals surface area contributed by atoms with Gasteiger partial charge in [-0.15, -0.1) is 11.8 Å². The molecule has 4 aliphatic rings. The van der Waals surface area contributed by atoms with Gasteiger partial charge in [0.1, 0.15) is 5.75 Å². The number of para-hydroxylation sites is 1. The van der Waals surface area contributed by atoms with Crippen LogP contribution >= 0.6 is 39.0 Å². The zero-order chi connectivity index (χ0) is 33.5. The number of imide groups is 1. The number of aromatic amines is 1. The molecule has 15 heteroatoms. The molecule has 8 rings (SSSR count). The Hall–Kier alpha value is -3.76. The number of ether oxygens (including phenoxy) is 1. The number of benzene rings is 3. The first-order valence-corrected chi connectivity index (χ1v) is 19.2. The lowest BCUT2D eigenvalue weighted by Gasteiger charge is -2.43. The highest BCUT2D eigenvalue weighted by molar-refractivity contribution is 9.10. The number of thioether (sulfide) groups is 1. The summed E-state index contributed by atoms with van der Waals surface area (Å²) in [6, 6.07) is 20.1. The molecule has 0 spiro atoms. The number of hydrogen-bond donors (Lipinski definition) is 3. The van der Waals surface area contributed by atoms with E-state index in [1.165, 1.54) is 29.2 Å². The van der Waals surface area contributed by atoms with Gasteiger partial charge >= 0.3 is 4.87 Å². The Morgan fingerprint density at radius 1 is 0.979 bits per heavy atom. The number of aromatic nitrogens is 1. The van der Waals surface area contributed by atoms with Gasteiger partial charge in [0.05, 0.1) is 27.4 Å². The van der Waals surface area contributed by atoms with E-state index >= 15 is 0 Å². The fourth-order valence-electron chi connectivity index (χ4n) is 8.15. The third-order valence-electron chi connectivity index (χ3n) is 9.89. The molecular formula is C33H27BrN4O7S3. The van der Waals surface area contributed by atoms with Crippen molar-refractivity contribution in [2.75, 3.05) is 16.8 Å². The fourth-order valence-corrected chi connectivity index (χ4v) is 11.8. The molecule has 3 fully saturated rings. The van der Waals surface area contributed by atoms with Gasteiger partial charge in [0, 0.05) is 31.8 Å². The van der Waals surface area contributed by atoms with Crippen molar-refractivity contribution < 1.29 is 27.5 Å². The molecule has 2 bridgehead atoms. The highest BCUT2D eigenvalue weighted by atomic mass is 79.9. The molecule has 1 aromatic heterocycles. The number of nitrogens with zero attached hydrogens (tertiary/aromatic N) is 1. The molecule has 3 heterocycles. The van der Waals surface area contributed by atoms with Gasteiger partial charge in [0.2, 0.25) is 21.8 Å². The van der Waals surface area contributed by atoms with Crippen LogP contribution in [0.4, 0.5) is 11.4 Å². The van der Waals surface area contributed by atoms with Crippen LogP contribution in [0.1, 0.15) is 22.8 Å². The third-order valence-corrected chi connectivity index (χ3v) is 13.9. The number of carbonyl (C=O) groups is 3. The van der Waals surface area contributed by atoms with Crippen LogP contribution in [0.5, 0.6) is 5.75 Å². The molecule has 4 aromatic rings. The average molecular weight is 768 g/mol. The maximum atomic E-state index is 14.0.